The Bertz CT molecular complexity index is 646. The fourth-order valence-electron chi connectivity index (χ4n) is 1.85. The van der Waals surface area contributed by atoms with E-state index in [0.29, 0.717) is 0 Å². The standard InChI is InChI=1S/C13H9NS/c15-10-5-6-13-12(7-10)11-4-2-1-3-9(11)8-14-13/h1-8,15H. The van der Waals surface area contributed by atoms with Crippen LogP contribution in [0.1, 0.15) is 0 Å². The second kappa shape index (κ2) is 3.24. The molecule has 3 rings (SSSR count). The number of fused-ring (bicyclic) bond motifs is 3. The van der Waals surface area contributed by atoms with Crippen molar-refractivity contribution in [3.8, 4) is 0 Å². The monoisotopic (exact) mass is 211 g/mol. The summed E-state index contributed by atoms with van der Waals surface area (Å²) in [5.74, 6) is 0. The molecule has 0 saturated carbocycles. The summed E-state index contributed by atoms with van der Waals surface area (Å²) in [5.41, 5.74) is 1.02. The van der Waals surface area contributed by atoms with Crippen LogP contribution in [0.5, 0.6) is 0 Å². The molecule has 1 aromatic heterocycles. The van der Waals surface area contributed by atoms with Gasteiger partial charge in [-0.25, -0.2) is 0 Å². The van der Waals surface area contributed by atoms with Crippen LogP contribution in [-0.4, -0.2) is 4.98 Å². The molecule has 72 valence electrons. The molecule has 0 N–H and O–H groups in total. The third-order valence-corrected chi connectivity index (χ3v) is 2.85. The van der Waals surface area contributed by atoms with Gasteiger partial charge in [0.25, 0.3) is 0 Å². The van der Waals surface area contributed by atoms with Gasteiger partial charge in [0.15, 0.2) is 0 Å². The van der Waals surface area contributed by atoms with Gasteiger partial charge in [-0.3, -0.25) is 4.98 Å². The van der Waals surface area contributed by atoms with Crippen LogP contribution in [0.15, 0.2) is 53.6 Å². The van der Waals surface area contributed by atoms with Crippen molar-refractivity contribution < 1.29 is 0 Å². The maximum Gasteiger partial charge on any atom is 0.0709 e. The summed E-state index contributed by atoms with van der Waals surface area (Å²) < 4.78 is 0. The minimum atomic E-state index is 0.973. The van der Waals surface area contributed by atoms with Crippen molar-refractivity contribution in [3.05, 3.63) is 48.7 Å². The molecular weight excluding hydrogens is 202 g/mol. The lowest BCUT2D eigenvalue weighted by Crippen LogP contribution is -1.81. The molecule has 0 aliphatic carbocycles. The van der Waals surface area contributed by atoms with Crippen molar-refractivity contribution in [1.29, 1.82) is 0 Å². The first kappa shape index (κ1) is 8.74. The van der Waals surface area contributed by atoms with Crippen LogP contribution >= 0.6 is 12.6 Å². The molecule has 0 unspecified atom stereocenters. The molecule has 0 bridgehead atoms. The maximum atomic E-state index is 4.42. The predicted molar refractivity (Wildman–Crippen MR) is 66.5 cm³/mol. The fourth-order valence-corrected chi connectivity index (χ4v) is 2.05. The lowest BCUT2D eigenvalue weighted by atomic mass is 10.1. The summed E-state index contributed by atoms with van der Waals surface area (Å²) in [4.78, 5) is 5.39. The quantitative estimate of drug-likeness (QED) is 0.442. The SMILES string of the molecule is Sc1ccc2ncc3ccccc3c2c1. The maximum absolute atomic E-state index is 4.42. The van der Waals surface area contributed by atoms with Crippen molar-refractivity contribution in [2.24, 2.45) is 0 Å². The number of aromatic nitrogens is 1. The van der Waals surface area contributed by atoms with E-state index in [-0.39, 0.29) is 0 Å². The van der Waals surface area contributed by atoms with Gasteiger partial charge in [0, 0.05) is 21.9 Å². The second-order valence-electron chi connectivity index (χ2n) is 3.55. The highest BCUT2D eigenvalue weighted by molar-refractivity contribution is 7.80. The Morgan fingerprint density at radius 3 is 2.73 bits per heavy atom. The van der Waals surface area contributed by atoms with Gasteiger partial charge in [-0.2, -0.15) is 0 Å². The smallest absolute Gasteiger partial charge is 0.0709 e. The highest BCUT2D eigenvalue weighted by Gasteiger charge is 2.00. The van der Waals surface area contributed by atoms with E-state index < -0.39 is 0 Å². The van der Waals surface area contributed by atoms with Crippen LogP contribution in [0.2, 0.25) is 0 Å². The Kier molecular flexibility index (Phi) is 1.89. The van der Waals surface area contributed by atoms with Crippen molar-refractivity contribution in [2.45, 2.75) is 4.90 Å². The molecule has 0 saturated heterocycles. The molecule has 0 aliphatic heterocycles. The topological polar surface area (TPSA) is 12.9 Å². The molecule has 0 amide bonds. The average molecular weight is 211 g/mol. The third kappa shape index (κ3) is 1.38. The summed E-state index contributed by atoms with van der Waals surface area (Å²) in [6, 6.07) is 14.3. The van der Waals surface area contributed by atoms with Crippen LogP contribution < -0.4 is 0 Å². The summed E-state index contributed by atoms with van der Waals surface area (Å²) >= 11 is 4.36. The number of pyridine rings is 1. The third-order valence-electron chi connectivity index (χ3n) is 2.57. The van der Waals surface area contributed by atoms with Gasteiger partial charge in [-0.05, 0) is 23.6 Å². The van der Waals surface area contributed by atoms with E-state index in [0.717, 1.165) is 10.4 Å². The lowest BCUT2D eigenvalue weighted by molar-refractivity contribution is 1.42. The molecule has 1 heterocycles. The molecule has 0 aliphatic rings. The van der Waals surface area contributed by atoms with Crippen molar-refractivity contribution in [1.82, 2.24) is 4.98 Å². The molecule has 0 radical (unpaired) electrons. The number of hydrogen-bond donors (Lipinski definition) is 1. The predicted octanol–water partition coefficient (Wildman–Crippen LogP) is 3.68. The molecule has 2 heteroatoms. The van der Waals surface area contributed by atoms with Gasteiger partial charge < -0.3 is 0 Å². The van der Waals surface area contributed by atoms with Crippen LogP contribution in [0.4, 0.5) is 0 Å². The van der Waals surface area contributed by atoms with Crippen molar-refractivity contribution in [3.63, 3.8) is 0 Å². The van der Waals surface area contributed by atoms with Gasteiger partial charge in [0.2, 0.25) is 0 Å². The van der Waals surface area contributed by atoms with Gasteiger partial charge >= 0.3 is 0 Å². The number of hydrogen-bond acceptors (Lipinski definition) is 2. The molecule has 15 heavy (non-hydrogen) atoms. The minimum absolute atomic E-state index is 0.973. The summed E-state index contributed by atoms with van der Waals surface area (Å²) in [7, 11) is 0. The molecule has 3 aromatic rings. The Morgan fingerprint density at radius 2 is 1.80 bits per heavy atom. The first-order valence-corrected chi connectivity index (χ1v) is 5.26. The molecule has 0 spiro atoms. The van der Waals surface area contributed by atoms with Gasteiger partial charge in [-0.1, -0.05) is 24.3 Å². The number of thiol groups is 1. The normalized spacial score (nSPS) is 11.0. The largest absolute Gasteiger partial charge is 0.256 e. The van der Waals surface area contributed by atoms with Gasteiger partial charge in [0.1, 0.15) is 0 Å². The van der Waals surface area contributed by atoms with Crippen molar-refractivity contribution in [2.75, 3.05) is 0 Å². The Balaban J connectivity index is 2.57. The average Bonchev–Trinajstić information content (AvgIpc) is 2.29. The number of benzene rings is 2. The van der Waals surface area contributed by atoms with Gasteiger partial charge in [-0.15, -0.1) is 12.6 Å². The molecule has 0 atom stereocenters. The number of nitrogens with zero attached hydrogens (tertiary/aromatic N) is 1. The van der Waals surface area contributed by atoms with Crippen LogP contribution in [0.3, 0.4) is 0 Å². The van der Waals surface area contributed by atoms with E-state index in [1.165, 1.54) is 16.2 Å². The Hall–Kier alpha value is -1.54. The fraction of sp³-hybridized carbons (Fsp3) is 0. The lowest BCUT2D eigenvalue weighted by Gasteiger charge is -2.03. The van der Waals surface area contributed by atoms with E-state index >= 15 is 0 Å². The minimum Gasteiger partial charge on any atom is -0.256 e. The second-order valence-corrected chi connectivity index (χ2v) is 4.06. The van der Waals surface area contributed by atoms with E-state index in [1.54, 1.807) is 0 Å². The molecule has 2 aromatic carbocycles. The summed E-state index contributed by atoms with van der Waals surface area (Å²) in [6.07, 6.45) is 1.91. The highest BCUT2D eigenvalue weighted by atomic mass is 32.1. The van der Waals surface area contributed by atoms with Crippen LogP contribution in [0.25, 0.3) is 21.7 Å². The molecule has 1 nitrogen and oxygen atoms in total. The molecule has 0 fully saturated rings. The van der Waals surface area contributed by atoms with Gasteiger partial charge in [0.05, 0.1) is 5.52 Å². The zero-order valence-electron chi connectivity index (χ0n) is 8.01. The van der Waals surface area contributed by atoms with E-state index in [2.05, 4.69) is 35.8 Å². The number of rotatable bonds is 0. The summed E-state index contributed by atoms with van der Waals surface area (Å²) in [5, 5.41) is 3.57. The van der Waals surface area contributed by atoms with E-state index in [4.69, 9.17) is 0 Å². The molecular formula is C13H9NS. The van der Waals surface area contributed by atoms with Crippen LogP contribution in [-0.2, 0) is 0 Å². The van der Waals surface area contributed by atoms with Crippen LogP contribution in [0, 0.1) is 0 Å². The first-order valence-electron chi connectivity index (χ1n) is 4.81. The zero-order valence-corrected chi connectivity index (χ0v) is 8.91. The Labute approximate surface area is 93.2 Å². The summed E-state index contributed by atoms with van der Waals surface area (Å²) in [6.45, 7) is 0. The van der Waals surface area contributed by atoms with E-state index in [1.807, 2.05) is 30.5 Å². The zero-order chi connectivity index (χ0) is 10.3. The van der Waals surface area contributed by atoms with E-state index in [9.17, 15) is 0 Å². The van der Waals surface area contributed by atoms with Crippen molar-refractivity contribution >= 4 is 34.3 Å². The first-order chi connectivity index (χ1) is 7.34. The highest BCUT2D eigenvalue weighted by Crippen LogP contribution is 2.25. The Morgan fingerprint density at radius 1 is 0.933 bits per heavy atom.